The van der Waals surface area contributed by atoms with Gasteiger partial charge < -0.3 is 9.64 Å². The largest absolute Gasteiger partial charge is 0.449 e. The Morgan fingerprint density at radius 3 is 2.45 bits per heavy atom. The molecule has 4 rings (SSSR count). The molecule has 3 amide bonds. The first-order valence-corrected chi connectivity index (χ1v) is 11.5. The molecule has 0 aliphatic carbocycles. The van der Waals surface area contributed by atoms with Gasteiger partial charge in [0.05, 0.1) is 22.4 Å². The maximum atomic E-state index is 12.9. The summed E-state index contributed by atoms with van der Waals surface area (Å²) in [5.74, 6) is -1.93. The lowest BCUT2D eigenvalue weighted by Gasteiger charge is -2.36. The van der Waals surface area contributed by atoms with Gasteiger partial charge in [-0.2, -0.15) is 0 Å². The molecule has 7 nitrogen and oxygen atoms in total. The second kappa shape index (κ2) is 9.35. The summed E-state index contributed by atoms with van der Waals surface area (Å²) in [6.45, 7) is 4.27. The molecule has 8 heteroatoms. The Hall–Kier alpha value is -3.19. The highest BCUT2D eigenvalue weighted by Crippen LogP contribution is 2.30. The first-order chi connectivity index (χ1) is 15.8. The monoisotopic (exact) mass is 468 g/mol. The van der Waals surface area contributed by atoms with E-state index in [0.29, 0.717) is 17.3 Å². The lowest BCUT2D eigenvalue weighted by Crippen LogP contribution is -2.48. The molecule has 1 fully saturated rings. The van der Waals surface area contributed by atoms with Gasteiger partial charge in [-0.15, -0.1) is 0 Å². The van der Waals surface area contributed by atoms with Crippen molar-refractivity contribution in [1.29, 1.82) is 0 Å². The molecule has 2 heterocycles. The van der Waals surface area contributed by atoms with Crippen molar-refractivity contribution < 1.29 is 23.9 Å². The average molecular weight is 469 g/mol. The van der Waals surface area contributed by atoms with Crippen molar-refractivity contribution in [2.45, 2.75) is 51.7 Å². The number of hydrogen-bond acceptors (Lipinski definition) is 5. The number of fused-ring (bicyclic) bond motifs is 1. The Morgan fingerprint density at radius 1 is 1.06 bits per heavy atom. The predicted octanol–water partition coefficient (Wildman–Crippen LogP) is 4.48. The van der Waals surface area contributed by atoms with Crippen LogP contribution in [0.1, 0.15) is 70.6 Å². The number of ether oxygens (including phenoxy) is 1. The van der Waals surface area contributed by atoms with Crippen LogP contribution in [0.25, 0.3) is 0 Å². The quantitative estimate of drug-likeness (QED) is 0.477. The number of rotatable bonds is 5. The van der Waals surface area contributed by atoms with Gasteiger partial charge >= 0.3 is 5.97 Å². The van der Waals surface area contributed by atoms with E-state index < -0.39 is 23.9 Å². The maximum absolute atomic E-state index is 12.9. The number of likely N-dealkylation sites (tertiary alicyclic amines) is 1. The minimum atomic E-state index is -0.944. The first-order valence-electron chi connectivity index (χ1n) is 11.1. The number of hydrogen-bond donors (Lipinski definition) is 0. The molecule has 0 spiro atoms. The van der Waals surface area contributed by atoms with Crippen molar-refractivity contribution >= 4 is 41.0 Å². The topological polar surface area (TPSA) is 84.0 Å². The molecule has 0 aromatic heterocycles. The number of imide groups is 1. The van der Waals surface area contributed by atoms with Gasteiger partial charge in [-0.1, -0.05) is 18.5 Å². The summed E-state index contributed by atoms with van der Waals surface area (Å²) in [6.07, 6.45) is 2.89. The third-order valence-electron chi connectivity index (χ3n) is 6.22. The fourth-order valence-corrected chi connectivity index (χ4v) is 4.55. The van der Waals surface area contributed by atoms with Gasteiger partial charge in [0.15, 0.2) is 6.10 Å². The van der Waals surface area contributed by atoms with Gasteiger partial charge in [-0.3, -0.25) is 14.4 Å². The summed E-state index contributed by atoms with van der Waals surface area (Å²) >= 11 is 5.90. The average Bonchev–Trinajstić information content (AvgIpc) is 3.08. The Kier molecular flexibility index (Phi) is 6.51. The Labute approximate surface area is 197 Å². The van der Waals surface area contributed by atoms with E-state index >= 15 is 0 Å². The van der Waals surface area contributed by atoms with Crippen LogP contribution >= 0.6 is 11.6 Å². The number of carbonyl (C=O) groups is 4. The normalized spacial score (nSPS) is 18.8. The number of nitrogens with zero attached hydrogens (tertiary/aromatic N) is 2. The van der Waals surface area contributed by atoms with Crippen LogP contribution in [0, 0.1) is 0 Å². The zero-order chi connectivity index (χ0) is 23.7. The zero-order valence-corrected chi connectivity index (χ0v) is 19.3. The molecule has 2 aromatic rings. The van der Waals surface area contributed by atoms with Crippen LogP contribution in [0.2, 0.25) is 5.02 Å². The van der Waals surface area contributed by atoms with Crippen molar-refractivity contribution in [3.05, 3.63) is 64.2 Å². The Bertz CT molecular complexity index is 1110. The van der Waals surface area contributed by atoms with E-state index in [1.54, 1.807) is 36.1 Å². The second-order valence-electron chi connectivity index (χ2n) is 8.32. The number of amides is 3. The van der Waals surface area contributed by atoms with Crippen molar-refractivity contribution in [2.75, 3.05) is 11.4 Å². The highest BCUT2D eigenvalue weighted by atomic mass is 35.5. The molecule has 2 unspecified atom stereocenters. The third-order valence-corrected chi connectivity index (χ3v) is 6.47. The summed E-state index contributed by atoms with van der Waals surface area (Å²) < 4.78 is 5.44. The molecule has 33 heavy (non-hydrogen) atoms. The van der Waals surface area contributed by atoms with Crippen molar-refractivity contribution in [3.8, 4) is 0 Å². The van der Waals surface area contributed by atoms with E-state index in [4.69, 9.17) is 16.3 Å². The maximum Gasteiger partial charge on any atom is 0.338 e. The van der Waals surface area contributed by atoms with Gasteiger partial charge in [0.25, 0.3) is 17.7 Å². The van der Waals surface area contributed by atoms with Gasteiger partial charge in [0.2, 0.25) is 0 Å². The molecular formula is C25H25ClN2O5. The van der Waals surface area contributed by atoms with Crippen LogP contribution in [0.5, 0.6) is 0 Å². The van der Waals surface area contributed by atoms with Crippen LogP contribution in [-0.2, 0) is 9.53 Å². The molecule has 0 radical (unpaired) electrons. The van der Waals surface area contributed by atoms with Gasteiger partial charge in [0, 0.05) is 17.6 Å². The standard InChI is InChI=1S/C25H25ClN2O5/c1-3-18-6-4-5-13-27(18)22(29)15(2)33-25(32)16-7-12-20-21(14-16)24(31)28(23(20)30)19-10-8-17(26)9-11-19/h7-12,14-15,18H,3-6,13H2,1-2H3. The van der Waals surface area contributed by atoms with E-state index in [1.165, 1.54) is 18.2 Å². The van der Waals surface area contributed by atoms with Crippen molar-refractivity contribution in [3.63, 3.8) is 0 Å². The second-order valence-corrected chi connectivity index (χ2v) is 8.76. The van der Waals surface area contributed by atoms with Crippen LogP contribution in [0.15, 0.2) is 42.5 Å². The highest BCUT2D eigenvalue weighted by molar-refractivity contribution is 6.35. The first kappa shape index (κ1) is 23.0. The van der Waals surface area contributed by atoms with Crippen molar-refractivity contribution in [2.24, 2.45) is 0 Å². The van der Waals surface area contributed by atoms with Crippen LogP contribution in [0.3, 0.4) is 0 Å². The molecule has 2 aromatic carbocycles. The fourth-order valence-electron chi connectivity index (χ4n) is 4.42. The third kappa shape index (κ3) is 4.37. The number of anilines is 1. The highest BCUT2D eigenvalue weighted by Gasteiger charge is 2.37. The molecule has 0 bridgehead atoms. The molecule has 2 aliphatic heterocycles. The summed E-state index contributed by atoms with van der Waals surface area (Å²) in [4.78, 5) is 54.2. The Morgan fingerprint density at radius 2 is 1.76 bits per heavy atom. The number of esters is 1. The molecular weight excluding hydrogens is 444 g/mol. The van der Waals surface area contributed by atoms with E-state index in [1.807, 2.05) is 6.92 Å². The molecule has 2 atom stereocenters. The van der Waals surface area contributed by atoms with Crippen LogP contribution in [-0.4, -0.2) is 47.3 Å². The molecule has 1 saturated heterocycles. The van der Waals surface area contributed by atoms with E-state index in [9.17, 15) is 19.2 Å². The molecule has 0 saturated carbocycles. The molecule has 2 aliphatic rings. The van der Waals surface area contributed by atoms with Crippen LogP contribution < -0.4 is 4.90 Å². The summed E-state index contributed by atoms with van der Waals surface area (Å²) in [5, 5.41) is 0.485. The number of halogens is 1. The van der Waals surface area contributed by atoms with Gasteiger partial charge in [-0.05, 0) is 75.1 Å². The van der Waals surface area contributed by atoms with Crippen molar-refractivity contribution in [1.82, 2.24) is 4.90 Å². The lowest BCUT2D eigenvalue weighted by molar-refractivity contribution is -0.143. The molecule has 172 valence electrons. The summed E-state index contributed by atoms with van der Waals surface area (Å²) in [7, 11) is 0. The zero-order valence-electron chi connectivity index (χ0n) is 18.5. The number of benzene rings is 2. The SMILES string of the molecule is CCC1CCCCN1C(=O)C(C)OC(=O)c1ccc2c(c1)C(=O)N(c1ccc(Cl)cc1)C2=O. The summed E-state index contributed by atoms with van der Waals surface area (Å²) in [5.41, 5.74) is 0.819. The van der Waals surface area contributed by atoms with E-state index in [2.05, 4.69) is 0 Å². The lowest BCUT2D eigenvalue weighted by atomic mass is 9.99. The number of piperidine rings is 1. The van der Waals surface area contributed by atoms with Gasteiger partial charge in [-0.25, -0.2) is 9.69 Å². The predicted molar refractivity (Wildman–Crippen MR) is 124 cm³/mol. The van der Waals surface area contributed by atoms with E-state index in [-0.39, 0.29) is 28.6 Å². The molecule has 0 N–H and O–H groups in total. The fraction of sp³-hybridized carbons (Fsp3) is 0.360. The van der Waals surface area contributed by atoms with Gasteiger partial charge in [0.1, 0.15) is 0 Å². The minimum Gasteiger partial charge on any atom is -0.449 e. The van der Waals surface area contributed by atoms with Crippen LogP contribution in [0.4, 0.5) is 5.69 Å². The van der Waals surface area contributed by atoms with E-state index in [0.717, 1.165) is 30.6 Å². The summed E-state index contributed by atoms with van der Waals surface area (Å²) in [6, 6.07) is 10.7. The Balaban J connectivity index is 1.50. The minimum absolute atomic E-state index is 0.109. The number of carbonyl (C=O) groups excluding carboxylic acids is 4. The smallest absolute Gasteiger partial charge is 0.338 e.